The van der Waals surface area contributed by atoms with Gasteiger partial charge in [-0.05, 0) is 25.3 Å². The lowest BCUT2D eigenvalue weighted by molar-refractivity contribution is -0.146. The van der Waals surface area contributed by atoms with Crippen molar-refractivity contribution in [1.82, 2.24) is 10.4 Å². The highest BCUT2D eigenvalue weighted by Gasteiger charge is 2.35. The maximum Gasteiger partial charge on any atom is 0.336 e. The Morgan fingerprint density at radius 2 is 1.96 bits per heavy atom. The van der Waals surface area contributed by atoms with E-state index in [1.807, 2.05) is 37.3 Å². The highest BCUT2D eigenvalue weighted by molar-refractivity contribution is 5.89. The number of hydroxylamine groups is 2. The van der Waals surface area contributed by atoms with E-state index >= 15 is 0 Å². The van der Waals surface area contributed by atoms with Crippen molar-refractivity contribution >= 4 is 5.97 Å². The van der Waals surface area contributed by atoms with E-state index in [1.54, 1.807) is 5.06 Å². The molecule has 0 saturated heterocycles. The smallest absolute Gasteiger partial charge is 0.336 e. The average Bonchev–Trinajstić information content (AvgIpc) is 2.94. The van der Waals surface area contributed by atoms with Gasteiger partial charge in [0.2, 0.25) is 0 Å². The molecule has 0 aromatic heterocycles. The minimum absolute atomic E-state index is 0.332. The Bertz CT molecular complexity index is 594. The molecule has 1 aliphatic carbocycles. The lowest BCUT2D eigenvalue weighted by Gasteiger charge is -2.25. The third-order valence-electron chi connectivity index (χ3n) is 4.94. The molecule has 2 N–H and O–H groups in total. The van der Waals surface area contributed by atoms with Crippen molar-refractivity contribution < 1.29 is 14.7 Å². The molecule has 0 spiro atoms. The molecule has 1 aliphatic heterocycles. The SMILES string of the molecule is CC1=C(C(=O)O)C(c2ccccc2)ON1CCNC1CCCCC1. The van der Waals surface area contributed by atoms with Gasteiger partial charge in [-0.15, -0.1) is 0 Å². The number of rotatable bonds is 6. The van der Waals surface area contributed by atoms with Crippen LogP contribution in [-0.4, -0.2) is 35.3 Å². The van der Waals surface area contributed by atoms with Gasteiger partial charge < -0.3 is 10.4 Å². The molecule has 0 amide bonds. The Hall–Kier alpha value is -1.85. The van der Waals surface area contributed by atoms with Gasteiger partial charge in [0, 0.05) is 12.6 Å². The molecule has 5 nitrogen and oxygen atoms in total. The molecule has 130 valence electrons. The van der Waals surface area contributed by atoms with E-state index in [9.17, 15) is 9.90 Å². The summed E-state index contributed by atoms with van der Waals surface area (Å²) in [6.45, 7) is 3.28. The van der Waals surface area contributed by atoms with Crippen molar-refractivity contribution in [2.24, 2.45) is 0 Å². The Labute approximate surface area is 143 Å². The van der Waals surface area contributed by atoms with Gasteiger partial charge in [0.25, 0.3) is 0 Å². The fourth-order valence-electron chi connectivity index (χ4n) is 3.60. The van der Waals surface area contributed by atoms with Crippen LogP contribution in [0.2, 0.25) is 0 Å². The van der Waals surface area contributed by atoms with Crippen LogP contribution >= 0.6 is 0 Å². The lowest BCUT2D eigenvalue weighted by atomic mass is 9.95. The van der Waals surface area contributed by atoms with Crippen molar-refractivity contribution in [3.8, 4) is 0 Å². The highest BCUT2D eigenvalue weighted by Crippen LogP contribution is 2.36. The molecule has 24 heavy (non-hydrogen) atoms. The Morgan fingerprint density at radius 3 is 2.62 bits per heavy atom. The van der Waals surface area contributed by atoms with Crippen LogP contribution in [0.1, 0.15) is 50.7 Å². The first-order valence-corrected chi connectivity index (χ1v) is 8.83. The third kappa shape index (κ3) is 3.79. The van der Waals surface area contributed by atoms with Crippen LogP contribution in [0.4, 0.5) is 0 Å². The van der Waals surface area contributed by atoms with Crippen molar-refractivity contribution in [2.45, 2.75) is 51.2 Å². The normalized spacial score (nSPS) is 22.2. The maximum absolute atomic E-state index is 11.7. The molecule has 1 atom stereocenters. The minimum atomic E-state index is -0.913. The summed E-state index contributed by atoms with van der Waals surface area (Å²) in [5, 5.41) is 14.9. The third-order valence-corrected chi connectivity index (χ3v) is 4.94. The summed E-state index contributed by atoms with van der Waals surface area (Å²) in [6.07, 6.45) is 5.89. The van der Waals surface area contributed by atoms with Gasteiger partial charge in [-0.3, -0.25) is 9.90 Å². The number of hydrogen-bond acceptors (Lipinski definition) is 4. The quantitative estimate of drug-likeness (QED) is 0.838. The predicted octanol–water partition coefficient (Wildman–Crippen LogP) is 3.26. The zero-order chi connectivity index (χ0) is 16.9. The highest BCUT2D eigenvalue weighted by atomic mass is 16.7. The number of nitrogens with zero attached hydrogens (tertiary/aromatic N) is 1. The molecule has 1 saturated carbocycles. The fraction of sp³-hybridized carbons (Fsp3) is 0.526. The van der Waals surface area contributed by atoms with E-state index < -0.39 is 12.1 Å². The standard InChI is InChI=1S/C19H26N2O3/c1-14-17(19(22)23)18(15-8-4-2-5-9-15)24-21(14)13-12-20-16-10-6-3-7-11-16/h2,4-5,8-9,16,18,20H,3,6-7,10-13H2,1H3,(H,22,23). The van der Waals surface area contributed by atoms with Crippen molar-refractivity contribution in [2.75, 3.05) is 13.1 Å². The van der Waals surface area contributed by atoms with E-state index in [-0.39, 0.29) is 0 Å². The van der Waals surface area contributed by atoms with Gasteiger partial charge in [0.1, 0.15) is 6.10 Å². The summed E-state index contributed by atoms with van der Waals surface area (Å²) in [5.74, 6) is -0.913. The molecule has 1 aromatic rings. The first kappa shape index (κ1) is 17.0. The number of aliphatic carboxylic acids is 1. The molecule has 0 radical (unpaired) electrons. The van der Waals surface area contributed by atoms with Crippen LogP contribution in [0.3, 0.4) is 0 Å². The summed E-state index contributed by atoms with van der Waals surface area (Å²) in [7, 11) is 0. The largest absolute Gasteiger partial charge is 0.478 e. The first-order valence-electron chi connectivity index (χ1n) is 8.83. The molecular formula is C19H26N2O3. The lowest BCUT2D eigenvalue weighted by Crippen LogP contribution is -2.36. The number of nitrogens with one attached hydrogen (secondary N) is 1. The number of benzene rings is 1. The minimum Gasteiger partial charge on any atom is -0.478 e. The van der Waals surface area contributed by atoms with Gasteiger partial charge in [0.15, 0.2) is 0 Å². The van der Waals surface area contributed by atoms with Gasteiger partial charge in [0.05, 0.1) is 17.8 Å². The number of hydrogen-bond donors (Lipinski definition) is 2. The van der Waals surface area contributed by atoms with Crippen LogP contribution in [0, 0.1) is 0 Å². The zero-order valence-electron chi connectivity index (χ0n) is 14.2. The number of allylic oxidation sites excluding steroid dienone is 1. The maximum atomic E-state index is 11.7. The summed E-state index contributed by atoms with van der Waals surface area (Å²) < 4.78 is 0. The summed E-state index contributed by atoms with van der Waals surface area (Å²) in [4.78, 5) is 17.6. The van der Waals surface area contributed by atoms with E-state index in [0.29, 0.717) is 23.9 Å². The molecule has 0 bridgehead atoms. The van der Waals surface area contributed by atoms with Crippen molar-refractivity contribution in [3.63, 3.8) is 0 Å². The molecular weight excluding hydrogens is 304 g/mol. The molecule has 2 aliphatic rings. The van der Waals surface area contributed by atoms with E-state index in [4.69, 9.17) is 4.84 Å². The van der Waals surface area contributed by atoms with E-state index in [1.165, 1.54) is 32.1 Å². The van der Waals surface area contributed by atoms with Crippen LogP contribution in [0.15, 0.2) is 41.6 Å². The topological polar surface area (TPSA) is 61.8 Å². The first-order chi connectivity index (χ1) is 11.7. The monoisotopic (exact) mass is 330 g/mol. The van der Waals surface area contributed by atoms with E-state index in [0.717, 1.165) is 12.1 Å². The number of carboxylic acids is 1. The van der Waals surface area contributed by atoms with Crippen LogP contribution in [0.25, 0.3) is 0 Å². The van der Waals surface area contributed by atoms with Gasteiger partial charge in [-0.1, -0.05) is 49.6 Å². The Morgan fingerprint density at radius 1 is 1.25 bits per heavy atom. The fourth-order valence-corrected chi connectivity index (χ4v) is 3.60. The molecule has 1 aromatic carbocycles. The average molecular weight is 330 g/mol. The molecule has 1 heterocycles. The molecule has 1 fully saturated rings. The molecule has 3 rings (SSSR count). The zero-order valence-corrected chi connectivity index (χ0v) is 14.2. The van der Waals surface area contributed by atoms with Crippen molar-refractivity contribution in [1.29, 1.82) is 0 Å². The summed E-state index contributed by atoms with van der Waals surface area (Å²) in [5.41, 5.74) is 1.90. The van der Waals surface area contributed by atoms with Crippen LogP contribution in [0.5, 0.6) is 0 Å². The predicted molar refractivity (Wildman–Crippen MR) is 92.2 cm³/mol. The van der Waals surface area contributed by atoms with Gasteiger partial charge >= 0.3 is 5.97 Å². The number of carboxylic acid groups (broad SMARTS) is 1. The molecule has 1 unspecified atom stereocenters. The second-order valence-electron chi connectivity index (χ2n) is 6.59. The second-order valence-corrected chi connectivity index (χ2v) is 6.59. The Balaban J connectivity index is 1.63. The van der Waals surface area contributed by atoms with Gasteiger partial charge in [-0.2, -0.15) is 0 Å². The molecule has 5 heteroatoms. The number of carbonyl (C=O) groups is 1. The Kier molecular flexibility index (Phi) is 5.53. The second kappa shape index (κ2) is 7.81. The summed E-state index contributed by atoms with van der Waals surface area (Å²) in [6, 6.07) is 10.1. The summed E-state index contributed by atoms with van der Waals surface area (Å²) >= 11 is 0. The van der Waals surface area contributed by atoms with Crippen LogP contribution in [-0.2, 0) is 9.63 Å². The van der Waals surface area contributed by atoms with E-state index in [2.05, 4.69) is 5.32 Å². The van der Waals surface area contributed by atoms with Crippen LogP contribution < -0.4 is 5.32 Å². The van der Waals surface area contributed by atoms with Crippen molar-refractivity contribution in [3.05, 3.63) is 47.2 Å². The van der Waals surface area contributed by atoms with Gasteiger partial charge in [-0.25, -0.2) is 4.79 Å².